The average Bonchev–Trinajstić information content (AvgIpc) is 2.28. The second kappa shape index (κ2) is 5.74. The van der Waals surface area contributed by atoms with Gasteiger partial charge in [-0.3, -0.25) is 0 Å². The summed E-state index contributed by atoms with van der Waals surface area (Å²) in [5.74, 6) is 2.43. The molecule has 0 N–H and O–H groups in total. The van der Waals surface area contributed by atoms with E-state index < -0.39 is 9.84 Å². The van der Waals surface area contributed by atoms with Gasteiger partial charge in [-0.25, -0.2) is 8.42 Å². The first-order chi connectivity index (χ1) is 8.02. The number of terminal acetylenes is 1. The van der Waals surface area contributed by atoms with Gasteiger partial charge in [0, 0.05) is 5.56 Å². The third-order valence-electron chi connectivity index (χ3n) is 2.43. The lowest BCUT2D eigenvalue weighted by Gasteiger charge is -2.09. The fourth-order valence-electron chi connectivity index (χ4n) is 1.58. The molecule has 0 saturated heterocycles. The normalized spacial score (nSPS) is 10.9. The number of hydrogen-bond acceptors (Lipinski definition) is 3. The molecule has 0 unspecified atom stereocenters. The van der Waals surface area contributed by atoms with Crippen molar-refractivity contribution in [2.24, 2.45) is 0 Å². The summed E-state index contributed by atoms with van der Waals surface area (Å²) in [5.41, 5.74) is 1.75. The van der Waals surface area contributed by atoms with Gasteiger partial charge >= 0.3 is 0 Å². The van der Waals surface area contributed by atoms with Crippen molar-refractivity contribution in [3.05, 3.63) is 29.3 Å². The maximum absolute atomic E-state index is 11.7. The second-order valence-electron chi connectivity index (χ2n) is 3.74. The molecule has 0 aliphatic rings. The Hall–Kier alpha value is -1.47. The third kappa shape index (κ3) is 3.79. The molecule has 4 heteroatoms. The van der Waals surface area contributed by atoms with E-state index >= 15 is 0 Å². The van der Waals surface area contributed by atoms with Crippen molar-refractivity contribution in [2.75, 3.05) is 12.9 Å². The zero-order valence-electron chi connectivity index (χ0n) is 10.1. The van der Waals surface area contributed by atoms with E-state index in [0.717, 1.165) is 12.0 Å². The van der Waals surface area contributed by atoms with Crippen molar-refractivity contribution in [1.82, 2.24) is 0 Å². The highest BCUT2D eigenvalue weighted by atomic mass is 32.2. The first kappa shape index (κ1) is 13.6. The van der Waals surface area contributed by atoms with E-state index in [0.29, 0.717) is 11.3 Å². The minimum absolute atomic E-state index is 0.0752. The quantitative estimate of drug-likeness (QED) is 0.751. The Labute approximate surface area is 103 Å². The van der Waals surface area contributed by atoms with Crippen LogP contribution in [0.3, 0.4) is 0 Å². The van der Waals surface area contributed by atoms with Crippen molar-refractivity contribution in [3.8, 4) is 18.1 Å². The average molecular weight is 252 g/mol. The van der Waals surface area contributed by atoms with Gasteiger partial charge in [0.25, 0.3) is 0 Å². The maximum atomic E-state index is 11.7. The van der Waals surface area contributed by atoms with Crippen LogP contribution in [0, 0.1) is 12.3 Å². The summed E-state index contributed by atoms with van der Waals surface area (Å²) in [7, 11) is -1.73. The highest BCUT2D eigenvalue weighted by Gasteiger charge is 2.14. The van der Waals surface area contributed by atoms with Crippen molar-refractivity contribution in [3.63, 3.8) is 0 Å². The molecule has 0 atom stereocenters. The molecule has 92 valence electrons. The van der Waals surface area contributed by atoms with Crippen LogP contribution in [-0.4, -0.2) is 21.3 Å². The van der Waals surface area contributed by atoms with Crippen LogP contribution in [0.5, 0.6) is 5.75 Å². The predicted octanol–water partition coefficient (Wildman–Crippen LogP) is 1.81. The molecule has 0 aliphatic heterocycles. The van der Waals surface area contributed by atoms with Gasteiger partial charge in [0.2, 0.25) is 0 Å². The molecular weight excluding hydrogens is 236 g/mol. The third-order valence-corrected chi connectivity index (χ3v) is 3.79. The first-order valence-corrected chi connectivity index (χ1v) is 7.14. The number of rotatable bonds is 5. The minimum Gasteiger partial charge on any atom is -0.496 e. The van der Waals surface area contributed by atoms with E-state index in [1.165, 1.54) is 7.11 Å². The van der Waals surface area contributed by atoms with Crippen LogP contribution < -0.4 is 4.74 Å². The number of benzene rings is 1. The fourth-order valence-corrected chi connectivity index (χ4v) is 2.63. The van der Waals surface area contributed by atoms with Crippen LogP contribution in [0.4, 0.5) is 0 Å². The monoisotopic (exact) mass is 252 g/mol. The Morgan fingerprint density at radius 1 is 1.41 bits per heavy atom. The van der Waals surface area contributed by atoms with Gasteiger partial charge in [-0.05, 0) is 18.1 Å². The summed E-state index contributed by atoms with van der Waals surface area (Å²) in [6.45, 7) is 2.02. The van der Waals surface area contributed by atoms with Crippen LogP contribution in [0.15, 0.2) is 18.2 Å². The summed E-state index contributed by atoms with van der Waals surface area (Å²) in [5, 5.41) is 0. The summed E-state index contributed by atoms with van der Waals surface area (Å²) in [6.07, 6.45) is 5.89. The van der Waals surface area contributed by atoms with E-state index in [-0.39, 0.29) is 11.5 Å². The van der Waals surface area contributed by atoms with Gasteiger partial charge in [-0.1, -0.05) is 25.0 Å². The maximum Gasteiger partial charge on any atom is 0.165 e. The lowest BCUT2D eigenvalue weighted by Crippen LogP contribution is -2.09. The summed E-state index contributed by atoms with van der Waals surface area (Å²) >= 11 is 0. The van der Waals surface area contributed by atoms with Gasteiger partial charge in [0.05, 0.1) is 12.9 Å². The number of ether oxygens (including phenoxy) is 1. The molecule has 0 heterocycles. The molecular formula is C13H16O3S. The summed E-state index contributed by atoms with van der Waals surface area (Å²) < 4.78 is 28.5. The zero-order valence-corrected chi connectivity index (χ0v) is 10.9. The van der Waals surface area contributed by atoms with E-state index in [4.69, 9.17) is 11.2 Å². The van der Waals surface area contributed by atoms with Gasteiger partial charge in [0.1, 0.15) is 11.5 Å². The Morgan fingerprint density at radius 2 is 2.12 bits per heavy atom. The van der Waals surface area contributed by atoms with Crippen molar-refractivity contribution in [2.45, 2.75) is 19.1 Å². The Bertz CT molecular complexity index is 524. The summed E-state index contributed by atoms with van der Waals surface area (Å²) in [4.78, 5) is 0. The molecule has 0 saturated carbocycles. The topological polar surface area (TPSA) is 43.4 Å². The number of aryl methyl sites for hydroxylation is 1. The predicted molar refractivity (Wildman–Crippen MR) is 68.7 cm³/mol. The molecule has 0 bridgehead atoms. The number of sulfone groups is 1. The molecule has 3 nitrogen and oxygen atoms in total. The molecule has 1 rings (SSSR count). The van der Waals surface area contributed by atoms with E-state index in [1.807, 2.05) is 19.1 Å². The molecule has 0 spiro atoms. The zero-order chi connectivity index (χ0) is 12.9. The van der Waals surface area contributed by atoms with Crippen molar-refractivity contribution < 1.29 is 13.2 Å². The fraction of sp³-hybridized carbons (Fsp3) is 0.385. The SMILES string of the molecule is C#CCS(=O)(=O)Cc1cc(CC)ccc1OC. The summed E-state index contributed by atoms with van der Waals surface area (Å²) in [6, 6.07) is 5.57. The largest absolute Gasteiger partial charge is 0.496 e. The Balaban J connectivity index is 3.08. The molecule has 0 amide bonds. The van der Waals surface area contributed by atoms with Gasteiger partial charge in [0.15, 0.2) is 9.84 Å². The molecule has 1 aromatic rings. The lowest BCUT2D eigenvalue weighted by molar-refractivity contribution is 0.411. The molecule has 17 heavy (non-hydrogen) atoms. The molecule has 0 aliphatic carbocycles. The number of methoxy groups -OCH3 is 1. The van der Waals surface area contributed by atoms with Crippen LogP contribution in [-0.2, 0) is 22.0 Å². The van der Waals surface area contributed by atoms with E-state index in [1.54, 1.807) is 6.07 Å². The Kier molecular flexibility index (Phi) is 4.59. The highest BCUT2D eigenvalue weighted by molar-refractivity contribution is 7.90. The second-order valence-corrected chi connectivity index (χ2v) is 5.80. The van der Waals surface area contributed by atoms with Crippen molar-refractivity contribution in [1.29, 1.82) is 0 Å². The van der Waals surface area contributed by atoms with Crippen LogP contribution >= 0.6 is 0 Å². The van der Waals surface area contributed by atoms with Crippen LogP contribution in [0.1, 0.15) is 18.1 Å². The molecule has 0 radical (unpaired) electrons. The van der Waals surface area contributed by atoms with Gasteiger partial charge in [-0.15, -0.1) is 6.42 Å². The minimum atomic E-state index is -3.26. The standard InChI is InChI=1S/C13H16O3S/c1-4-8-17(14,15)10-12-9-11(5-2)6-7-13(12)16-3/h1,6-7,9H,5,8,10H2,2-3H3. The van der Waals surface area contributed by atoms with E-state index in [9.17, 15) is 8.42 Å². The number of hydrogen-bond donors (Lipinski definition) is 0. The lowest BCUT2D eigenvalue weighted by atomic mass is 10.1. The molecule has 0 aromatic heterocycles. The van der Waals surface area contributed by atoms with Crippen molar-refractivity contribution >= 4 is 9.84 Å². The first-order valence-electron chi connectivity index (χ1n) is 5.32. The smallest absolute Gasteiger partial charge is 0.165 e. The van der Waals surface area contributed by atoms with Gasteiger partial charge < -0.3 is 4.74 Å². The van der Waals surface area contributed by atoms with Crippen LogP contribution in [0.2, 0.25) is 0 Å². The van der Waals surface area contributed by atoms with Crippen LogP contribution in [0.25, 0.3) is 0 Å². The van der Waals surface area contributed by atoms with E-state index in [2.05, 4.69) is 5.92 Å². The highest BCUT2D eigenvalue weighted by Crippen LogP contribution is 2.22. The molecule has 0 fully saturated rings. The van der Waals surface area contributed by atoms with Gasteiger partial charge in [-0.2, -0.15) is 0 Å². The Morgan fingerprint density at radius 3 is 2.65 bits per heavy atom. The molecule has 1 aromatic carbocycles.